The van der Waals surface area contributed by atoms with E-state index >= 15 is 0 Å². The Balaban J connectivity index is 2.09. The number of hydrogen-bond donors (Lipinski definition) is 0. The summed E-state index contributed by atoms with van der Waals surface area (Å²) < 4.78 is 22.3. The van der Waals surface area contributed by atoms with Crippen molar-refractivity contribution in [3.63, 3.8) is 0 Å². The van der Waals surface area contributed by atoms with E-state index < -0.39 is 17.6 Å². The molecule has 35 heavy (non-hydrogen) atoms. The number of carbonyl (C=O) groups excluding carboxylic acids is 2. The highest BCUT2D eigenvalue weighted by Crippen LogP contribution is 2.35. The molecule has 9 nitrogen and oxygen atoms in total. The van der Waals surface area contributed by atoms with Gasteiger partial charge in [-0.25, -0.2) is 19.1 Å². The number of benzene rings is 2. The third kappa shape index (κ3) is 4.38. The van der Waals surface area contributed by atoms with Crippen LogP contribution >= 0.6 is 11.6 Å². The number of aromatic nitrogens is 2. The number of nitrogens with zero attached hydrogens (tertiary/aromatic N) is 2. The van der Waals surface area contributed by atoms with E-state index in [-0.39, 0.29) is 46.3 Å². The summed E-state index contributed by atoms with van der Waals surface area (Å²) in [5.41, 5.74) is -0.956. The summed E-state index contributed by atoms with van der Waals surface area (Å²) >= 11 is 6.63. The number of carbonyl (C=O) groups is 2. The minimum absolute atomic E-state index is 0.0221. The van der Waals surface area contributed by atoms with Crippen molar-refractivity contribution in [3.05, 3.63) is 75.2 Å². The maximum atomic E-state index is 13.1. The van der Waals surface area contributed by atoms with E-state index in [0.717, 1.165) is 0 Å². The SMILES string of the molecule is CCOC(=O)c1c(-c2c(Cl)c3ccccc3oc2=O)nn(-c2ccc(OC)cc2)c1C(=O)OCC. The molecule has 0 saturated heterocycles. The molecule has 0 aliphatic heterocycles. The van der Waals surface area contributed by atoms with Gasteiger partial charge in [0.15, 0.2) is 5.69 Å². The van der Waals surface area contributed by atoms with Gasteiger partial charge in [0.2, 0.25) is 0 Å². The van der Waals surface area contributed by atoms with E-state index in [1.807, 2.05) is 0 Å². The second-order valence-corrected chi connectivity index (χ2v) is 7.58. The van der Waals surface area contributed by atoms with Crippen LogP contribution < -0.4 is 10.4 Å². The monoisotopic (exact) mass is 496 g/mol. The van der Waals surface area contributed by atoms with Crippen LogP contribution in [0.4, 0.5) is 0 Å². The summed E-state index contributed by atoms with van der Waals surface area (Å²) in [7, 11) is 1.52. The van der Waals surface area contributed by atoms with Crippen molar-refractivity contribution in [2.75, 3.05) is 20.3 Å². The fourth-order valence-corrected chi connectivity index (χ4v) is 3.92. The number of halogens is 1. The van der Waals surface area contributed by atoms with Gasteiger partial charge in [0.1, 0.15) is 28.2 Å². The smallest absolute Gasteiger partial charge is 0.357 e. The largest absolute Gasteiger partial charge is 0.497 e. The zero-order valence-electron chi connectivity index (χ0n) is 19.2. The molecule has 0 aliphatic rings. The highest BCUT2D eigenvalue weighted by molar-refractivity contribution is 6.38. The van der Waals surface area contributed by atoms with E-state index in [1.54, 1.807) is 62.4 Å². The Morgan fingerprint density at radius 2 is 1.66 bits per heavy atom. The number of fused-ring (bicyclic) bond motifs is 1. The Hall–Kier alpha value is -4.11. The Morgan fingerprint density at radius 1 is 1.00 bits per heavy atom. The third-order valence-electron chi connectivity index (χ3n) is 5.14. The number of methoxy groups -OCH3 is 1. The lowest BCUT2D eigenvalue weighted by Gasteiger charge is -2.09. The third-order valence-corrected chi connectivity index (χ3v) is 5.53. The van der Waals surface area contributed by atoms with E-state index in [2.05, 4.69) is 5.10 Å². The van der Waals surface area contributed by atoms with Crippen LogP contribution in [0.15, 0.2) is 57.7 Å². The van der Waals surface area contributed by atoms with Gasteiger partial charge in [0.05, 0.1) is 31.0 Å². The molecular weight excluding hydrogens is 476 g/mol. The summed E-state index contributed by atoms with van der Waals surface area (Å²) in [5.74, 6) is -1.12. The van der Waals surface area contributed by atoms with Gasteiger partial charge in [-0.3, -0.25) is 0 Å². The molecule has 10 heteroatoms. The maximum absolute atomic E-state index is 13.1. The lowest BCUT2D eigenvalue weighted by molar-refractivity contribution is 0.0473. The molecule has 0 unspecified atom stereocenters. The molecular formula is C25H21ClN2O7. The fourth-order valence-electron chi connectivity index (χ4n) is 3.60. The predicted octanol–water partition coefficient (Wildman–Crippen LogP) is 4.66. The molecule has 0 saturated carbocycles. The molecule has 0 radical (unpaired) electrons. The first kappa shape index (κ1) is 24.0. The standard InChI is InChI=1S/C25H21ClN2O7/c1-4-33-23(29)19-21(18-20(26)16-8-6-7-9-17(16)35-24(18)30)27-28(22(19)25(31)34-5-2)14-10-12-15(32-3)13-11-14/h6-13H,4-5H2,1-3H3. The molecule has 4 rings (SSSR count). The van der Waals surface area contributed by atoms with E-state index in [1.165, 1.54) is 11.8 Å². The van der Waals surface area contributed by atoms with Crippen molar-refractivity contribution in [2.45, 2.75) is 13.8 Å². The molecule has 0 amide bonds. The number of ether oxygens (including phenoxy) is 3. The quantitative estimate of drug-likeness (QED) is 0.268. The molecule has 2 aromatic carbocycles. The Bertz CT molecular complexity index is 1470. The molecule has 180 valence electrons. The van der Waals surface area contributed by atoms with Crippen molar-refractivity contribution >= 4 is 34.5 Å². The highest BCUT2D eigenvalue weighted by Gasteiger charge is 2.34. The number of rotatable bonds is 7. The molecule has 2 heterocycles. The van der Waals surface area contributed by atoms with Crippen LogP contribution in [0, 0.1) is 0 Å². The van der Waals surface area contributed by atoms with Crippen molar-refractivity contribution in [2.24, 2.45) is 0 Å². The van der Waals surface area contributed by atoms with Gasteiger partial charge in [-0.1, -0.05) is 23.7 Å². The van der Waals surface area contributed by atoms with Gasteiger partial charge in [-0.05, 0) is 50.2 Å². The number of esters is 2. The maximum Gasteiger partial charge on any atom is 0.357 e. The summed E-state index contributed by atoms with van der Waals surface area (Å²) in [6, 6.07) is 13.3. The Labute approximate surface area is 204 Å². The lowest BCUT2D eigenvalue weighted by atomic mass is 10.1. The average molecular weight is 497 g/mol. The molecule has 0 atom stereocenters. The summed E-state index contributed by atoms with van der Waals surface area (Å²) in [5, 5.41) is 4.94. The zero-order chi connectivity index (χ0) is 25.1. The second kappa shape index (κ2) is 10.0. The second-order valence-electron chi connectivity index (χ2n) is 7.20. The van der Waals surface area contributed by atoms with Crippen molar-refractivity contribution in [3.8, 4) is 22.7 Å². The van der Waals surface area contributed by atoms with E-state index in [4.69, 9.17) is 30.2 Å². The van der Waals surface area contributed by atoms with Crippen LogP contribution in [-0.4, -0.2) is 42.0 Å². The topological polar surface area (TPSA) is 110 Å². The predicted molar refractivity (Wildman–Crippen MR) is 129 cm³/mol. The zero-order valence-corrected chi connectivity index (χ0v) is 19.9. The van der Waals surface area contributed by atoms with Crippen LogP contribution in [0.1, 0.15) is 34.7 Å². The van der Waals surface area contributed by atoms with Crippen LogP contribution in [0.25, 0.3) is 27.9 Å². The van der Waals surface area contributed by atoms with Gasteiger partial charge in [-0.15, -0.1) is 0 Å². The number of hydrogen-bond acceptors (Lipinski definition) is 8. The summed E-state index contributed by atoms with van der Waals surface area (Å²) in [4.78, 5) is 39.2. The normalized spacial score (nSPS) is 10.9. The minimum Gasteiger partial charge on any atom is -0.497 e. The first-order valence-corrected chi connectivity index (χ1v) is 11.1. The molecule has 0 spiro atoms. The lowest BCUT2D eigenvalue weighted by Crippen LogP contribution is -2.17. The van der Waals surface area contributed by atoms with Crippen LogP contribution in [0.3, 0.4) is 0 Å². The van der Waals surface area contributed by atoms with Gasteiger partial charge in [0, 0.05) is 5.39 Å². The van der Waals surface area contributed by atoms with Gasteiger partial charge in [0.25, 0.3) is 0 Å². The molecule has 0 fully saturated rings. The highest BCUT2D eigenvalue weighted by atomic mass is 35.5. The number of para-hydroxylation sites is 1. The van der Waals surface area contributed by atoms with Crippen molar-refractivity contribution < 1.29 is 28.2 Å². The fraction of sp³-hybridized carbons (Fsp3) is 0.200. The van der Waals surface area contributed by atoms with Crippen molar-refractivity contribution in [1.29, 1.82) is 0 Å². The average Bonchev–Trinajstić information content (AvgIpc) is 3.25. The Morgan fingerprint density at radius 3 is 2.31 bits per heavy atom. The molecule has 0 N–H and O–H groups in total. The minimum atomic E-state index is -0.867. The Kier molecular flexibility index (Phi) is 6.88. The molecule has 4 aromatic rings. The van der Waals surface area contributed by atoms with Gasteiger partial charge in [-0.2, -0.15) is 5.10 Å². The van der Waals surface area contributed by atoms with Crippen LogP contribution in [0.2, 0.25) is 5.02 Å². The first-order chi connectivity index (χ1) is 16.9. The summed E-state index contributed by atoms with van der Waals surface area (Å²) in [6.45, 7) is 3.32. The first-order valence-electron chi connectivity index (χ1n) is 10.7. The van der Waals surface area contributed by atoms with Gasteiger partial charge < -0.3 is 18.6 Å². The van der Waals surface area contributed by atoms with E-state index in [0.29, 0.717) is 16.8 Å². The molecule has 2 aromatic heterocycles. The molecule has 0 bridgehead atoms. The van der Waals surface area contributed by atoms with Crippen molar-refractivity contribution in [1.82, 2.24) is 9.78 Å². The van der Waals surface area contributed by atoms with E-state index in [9.17, 15) is 14.4 Å². The molecule has 0 aliphatic carbocycles. The van der Waals surface area contributed by atoms with Crippen LogP contribution in [0.5, 0.6) is 5.75 Å². The van der Waals surface area contributed by atoms with Crippen LogP contribution in [-0.2, 0) is 9.47 Å². The van der Waals surface area contributed by atoms with Gasteiger partial charge >= 0.3 is 17.6 Å². The summed E-state index contributed by atoms with van der Waals surface area (Å²) in [6.07, 6.45) is 0.